The number of ether oxygens (including phenoxy) is 4. The predicted molar refractivity (Wildman–Crippen MR) is 175 cm³/mol. The first kappa shape index (κ1) is 33.7. The second kappa shape index (κ2) is 17.3. The smallest absolute Gasteiger partial charge is 0.264 e. The van der Waals surface area contributed by atoms with Gasteiger partial charge in [-0.25, -0.2) is 0 Å². The van der Waals surface area contributed by atoms with E-state index in [0.717, 1.165) is 0 Å². The van der Waals surface area contributed by atoms with Crippen molar-refractivity contribution >= 4 is 36.0 Å². The number of hydrogen-bond donors (Lipinski definition) is 0. The fraction of sp³-hybridized carbons (Fsp3) is 0.294. The lowest BCUT2D eigenvalue weighted by Crippen LogP contribution is -2.22. The van der Waals surface area contributed by atoms with Crippen molar-refractivity contribution in [3.63, 3.8) is 0 Å². The van der Waals surface area contributed by atoms with Crippen molar-refractivity contribution in [3.8, 4) is 11.5 Å². The summed E-state index contributed by atoms with van der Waals surface area (Å²) in [6, 6.07) is 32.9. The molecule has 234 valence electrons. The van der Waals surface area contributed by atoms with E-state index < -0.39 is 14.7 Å². The molecule has 0 saturated carbocycles. The van der Waals surface area contributed by atoms with Gasteiger partial charge in [0.1, 0.15) is 24.7 Å². The highest BCUT2D eigenvalue weighted by molar-refractivity contribution is 7.75. The standard InChI is InChI=1S/C34H40O8P2/c1-3-41-43(35,29-15-7-5-8-16-29)33-21-13-11-19-31(33)39-27-25-37-23-24-38-26-28-40-32-20-12-14-22-34(32)44(36,42-4-2)30-17-9-6-10-18-30/h5-22H,3-4,23-28H2,1-2H3/t43-,44-/m1/s1. The van der Waals surface area contributed by atoms with Crippen molar-refractivity contribution in [3.05, 3.63) is 109 Å². The SMILES string of the molecule is CCO[P@](=O)(c1ccccc1)c1ccccc1OCCOCCOCCOc1ccccc1[P@](=O)(OCC)c1ccccc1. The number of hydrogen-bond acceptors (Lipinski definition) is 8. The minimum Gasteiger partial charge on any atom is -0.490 e. The van der Waals surface area contributed by atoms with Crippen molar-refractivity contribution in [2.45, 2.75) is 13.8 Å². The van der Waals surface area contributed by atoms with E-state index in [9.17, 15) is 9.13 Å². The van der Waals surface area contributed by atoms with Gasteiger partial charge in [-0.2, -0.15) is 0 Å². The summed E-state index contributed by atoms with van der Waals surface area (Å²) < 4.78 is 62.8. The van der Waals surface area contributed by atoms with Crippen LogP contribution < -0.4 is 30.7 Å². The molecule has 0 unspecified atom stereocenters. The van der Waals surface area contributed by atoms with Gasteiger partial charge < -0.3 is 28.0 Å². The zero-order valence-electron chi connectivity index (χ0n) is 25.2. The van der Waals surface area contributed by atoms with Crippen LogP contribution in [-0.2, 0) is 27.7 Å². The summed E-state index contributed by atoms with van der Waals surface area (Å²) in [7, 11) is -6.63. The summed E-state index contributed by atoms with van der Waals surface area (Å²) in [6.45, 7) is 6.23. The predicted octanol–water partition coefficient (Wildman–Crippen LogP) is 5.71. The van der Waals surface area contributed by atoms with Crippen LogP contribution in [0.1, 0.15) is 13.8 Å². The monoisotopic (exact) mass is 638 g/mol. The number of rotatable bonds is 19. The Morgan fingerprint density at radius 1 is 0.455 bits per heavy atom. The van der Waals surface area contributed by atoms with Gasteiger partial charge in [0, 0.05) is 10.6 Å². The molecule has 44 heavy (non-hydrogen) atoms. The lowest BCUT2D eigenvalue weighted by Gasteiger charge is -2.21. The summed E-state index contributed by atoms with van der Waals surface area (Å²) in [5.41, 5.74) is 0. The summed E-state index contributed by atoms with van der Waals surface area (Å²) in [5.74, 6) is 1.01. The Morgan fingerprint density at radius 3 is 1.18 bits per heavy atom. The molecule has 0 aliphatic heterocycles. The van der Waals surface area contributed by atoms with Gasteiger partial charge in [0.05, 0.1) is 50.3 Å². The summed E-state index contributed by atoms with van der Waals surface area (Å²) in [6.07, 6.45) is 0. The molecule has 0 aliphatic carbocycles. The molecular formula is C34H40O8P2. The van der Waals surface area contributed by atoms with Gasteiger partial charge in [-0.05, 0) is 62.4 Å². The Morgan fingerprint density at radius 2 is 0.795 bits per heavy atom. The molecule has 0 N–H and O–H groups in total. The highest BCUT2D eigenvalue weighted by Gasteiger charge is 2.32. The van der Waals surface area contributed by atoms with Crippen molar-refractivity contribution in [1.82, 2.24) is 0 Å². The van der Waals surface area contributed by atoms with Crippen LogP contribution >= 0.6 is 14.7 Å². The van der Waals surface area contributed by atoms with Gasteiger partial charge in [-0.15, -0.1) is 0 Å². The van der Waals surface area contributed by atoms with Crippen molar-refractivity contribution in [2.24, 2.45) is 0 Å². The van der Waals surface area contributed by atoms with Crippen LogP contribution in [0.15, 0.2) is 109 Å². The third-order valence-corrected chi connectivity index (χ3v) is 11.7. The second-order valence-corrected chi connectivity index (χ2v) is 14.2. The molecule has 4 rings (SSSR count). The molecule has 0 bridgehead atoms. The first-order chi connectivity index (χ1) is 21.5. The van der Waals surface area contributed by atoms with E-state index >= 15 is 0 Å². The Bertz CT molecular complexity index is 1400. The van der Waals surface area contributed by atoms with E-state index in [1.54, 1.807) is 24.3 Å². The van der Waals surface area contributed by atoms with E-state index in [2.05, 4.69) is 0 Å². The largest absolute Gasteiger partial charge is 0.490 e. The minimum absolute atomic E-state index is 0.277. The molecule has 4 aromatic carbocycles. The Balaban J connectivity index is 1.21. The quantitative estimate of drug-likeness (QED) is 0.0954. The Labute approximate surface area is 260 Å². The van der Waals surface area contributed by atoms with Crippen LogP contribution in [0.3, 0.4) is 0 Å². The molecule has 0 amide bonds. The lowest BCUT2D eigenvalue weighted by atomic mass is 10.3. The normalized spacial score (nSPS) is 14.0. The van der Waals surface area contributed by atoms with Gasteiger partial charge in [-0.1, -0.05) is 60.7 Å². The topological polar surface area (TPSA) is 89.5 Å². The zero-order chi connectivity index (χ0) is 31.1. The molecule has 8 nitrogen and oxygen atoms in total. The van der Waals surface area contributed by atoms with E-state index in [1.165, 1.54) is 0 Å². The van der Waals surface area contributed by atoms with E-state index in [1.807, 2.05) is 98.8 Å². The molecule has 10 heteroatoms. The molecule has 0 heterocycles. The maximum Gasteiger partial charge on any atom is 0.264 e. The molecular weight excluding hydrogens is 598 g/mol. The summed E-state index contributed by atoms with van der Waals surface area (Å²) >= 11 is 0. The zero-order valence-corrected chi connectivity index (χ0v) is 27.0. The Hall–Kier alpha value is -3.22. The van der Waals surface area contributed by atoms with Gasteiger partial charge >= 0.3 is 0 Å². The van der Waals surface area contributed by atoms with Gasteiger partial charge in [0.15, 0.2) is 0 Å². The molecule has 0 aromatic heterocycles. The molecule has 2 atom stereocenters. The van der Waals surface area contributed by atoms with Gasteiger partial charge in [0.25, 0.3) is 14.7 Å². The number of para-hydroxylation sites is 2. The molecule has 4 aromatic rings. The van der Waals surface area contributed by atoms with Crippen LogP contribution in [0, 0.1) is 0 Å². The van der Waals surface area contributed by atoms with Crippen LogP contribution in [0.4, 0.5) is 0 Å². The van der Waals surface area contributed by atoms with Crippen molar-refractivity contribution < 1.29 is 37.1 Å². The maximum atomic E-state index is 14.0. The van der Waals surface area contributed by atoms with Crippen LogP contribution in [0.25, 0.3) is 0 Å². The van der Waals surface area contributed by atoms with Crippen LogP contribution in [-0.4, -0.2) is 52.9 Å². The lowest BCUT2D eigenvalue weighted by molar-refractivity contribution is 0.0275. The van der Waals surface area contributed by atoms with Crippen molar-refractivity contribution in [2.75, 3.05) is 52.9 Å². The second-order valence-electron chi connectivity index (χ2n) is 9.47. The fourth-order valence-corrected chi connectivity index (χ4v) is 8.98. The maximum absolute atomic E-state index is 14.0. The fourth-order valence-electron chi connectivity index (χ4n) is 4.57. The van der Waals surface area contributed by atoms with E-state index in [-0.39, 0.29) is 13.2 Å². The van der Waals surface area contributed by atoms with E-state index in [0.29, 0.717) is 72.4 Å². The van der Waals surface area contributed by atoms with E-state index in [4.69, 9.17) is 28.0 Å². The molecule has 0 fully saturated rings. The summed E-state index contributed by atoms with van der Waals surface area (Å²) in [4.78, 5) is 0. The minimum atomic E-state index is -3.31. The number of benzene rings is 4. The first-order valence-corrected chi connectivity index (χ1v) is 18.0. The van der Waals surface area contributed by atoms with Crippen LogP contribution in [0.2, 0.25) is 0 Å². The average Bonchev–Trinajstić information content (AvgIpc) is 3.07. The first-order valence-electron chi connectivity index (χ1n) is 14.7. The van der Waals surface area contributed by atoms with Crippen LogP contribution in [0.5, 0.6) is 11.5 Å². The highest BCUT2D eigenvalue weighted by Crippen LogP contribution is 2.48. The molecule has 0 saturated heterocycles. The third-order valence-electron chi connectivity index (χ3n) is 6.52. The van der Waals surface area contributed by atoms with Gasteiger partial charge in [-0.3, -0.25) is 9.13 Å². The highest BCUT2D eigenvalue weighted by atomic mass is 31.2. The Kier molecular flexibility index (Phi) is 13.2. The average molecular weight is 639 g/mol. The summed E-state index contributed by atoms with van der Waals surface area (Å²) in [5, 5.41) is 2.30. The van der Waals surface area contributed by atoms with Gasteiger partial charge in [0.2, 0.25) is 0 Å². The molecule has 0 aliphatic rings. The molecule has 0 radical (unpaired) electrons. The molecule has 0 spiro atoms. The third kappa shape index (κ3) is 8.70. The van der Waals surface area contributed by atoms with Crippen molar-refractivity contribution in [1.29, 1.82) is 0 Å².